The number of rotatable bonds is 3. The first-order valence-corrected chi connectivity index (χ1v) is 5.90. The maximum absolute atomic E-state index is 11.9. The molecule has 0 bridgehead atoms. The number of carbonyl (C=O) groups is 3. The number of carbonyl (C=O) groups excluding carboxylic acids is 2. The van der Waals surface area contributed by atoms with Crippen LogP contribution in [0.2, 0.25) is 0 Å². The van der Waals surface area contributed by atoms with E-state index in [0.29, 0.717) is 6.54 Å². The van der Waals surface area contributed by atoms with Crippen LogP contribution in [0.4, 0.5) is 0 Å². The van der Waals surface area contributed by atoms with E-state index in [1.54, 1.807) is 27.8 Å². The molecular formula is C12H20N2O4. The zero-order valence-electron chi connectivity index (χ0n) is 11.2. The van der Waals surface area contributed by atoms with Gasteiger partial charge in [0.25, 0.3) is 0 Å². The molecule has 1 saturated heterocycles. The molecule has 0 aromatic rings. The summed E-state index contributed by atoms with van der Waals surface area (Å²) in [7, 11) is 1.63. The number of amides is 2. The fourth-order valence-corrected chi connectivity index (χ4v) is 1.95. The third kappa shape index (κ3) is 3.21. The summed E-state index contributed by atoms with van der Waals surface area (Å²) in [5.41, 5.74) is -0.573. The molecule has 1 aliphatic heterocycles. The van der Waals surface area contributed by atoms with Gasteiger partial charge in [0, 0.05) is 20.0 Å². The average Bonchev–Trinajstić information content (AvgIpc) is 2.53. The minimum Gasteiger partial charge on any atom is -0.480 e. The zero-order chi connectivity index (χ0) is 14.1. The van der Waals surface area contributed by atoms with E-state index in [1.165, 1.54) is 4.90 Å². The molecule has 1 fully saturated rings. The van der Waals surface area contributed by atoms with E-state index < -0.39 is 23.3 Å². The van der Waals surface area contributed by atoms with Gasteiger partial charge in [-0.25, -0.2) is 4.79 Å². The highest BCUT2D eigenvalue weighted by molar-refractivity contribution is 5.91. The topological polar surface area (TPSA) is 86.7 Å². The second kappa shape index (κ2) is 4.96. The van der Waals surface area contributed by atoms with E-state index in [4.69, 9.17) is 5.11 Å². The highest BCUT2D eigenvalue weighted by atomic mass is 16.4. The lowest BCUT2D eigenvalue weighted by molar-refractivity contribution is -0.145. The van der Waals surface area contributed by atoms with Crippen LogP contribution in [0.5, 0.6) is 0 Å². The zero-order valence-corrected chi connectivity index (χ0v) is 11.2. The van der Waals surface area contributed by atoms with Gasteiger partial charge in [-0.05, 0) is 5.41 Å². The Labute approximate surface area is 106 Å². The standard InChI is InChI=1S/C12H20N2O4/c1-12(2,3)9(11(17)18)13-10(16)7-5-8(15)14(4)6-7/h7,9H,5-6H2,1-4H3,(H,13,16)(H,17,18). The van der Waals surface area contributed by atoms with Crippen molar-refractivity contribution in [3.63, 3.8) is 0 Å². The van der Waals surface area contributed by atoms with Gasteiger partial charge in [0.05, 0.1) is 5.92 Å². The summed E-state index contributed by atoms with van der Waals surface area (Å²) in [6.07, 6.45) is 0.152. The fraction of sp³-hybridized carbons (Fsp3) is 0.750. The molecule has 1 rings (SSSR count). The van der Waals surface area contributed by atoms with Crippen LogP contribution < -0.4 is 5.32 Å². The van der Waals surface area contributed by atoms with Gasteiger partial charge in [-0.2, -0.15) is 0 Å². The van der Waals surface area contributed by atoms with Crippen molar-refractivity contribution < 1.29 is 19.5 Å². The van der Waals surface area contributed by atoms with Crippen molar-refractivity contribution in [2.75, 3.05) is 13.6 Å². The monoisotopic (exact) mass is 256 g/mol. The lowest BCUT2D eigenvalue weighted by Gasteiger charge is -2.28. The smallest absolute Gasteiger partial charge is 0.326 e. The van der Waals surface area contributed by atoms with Crippen LogP contribution in [0.15, 0.2) is 0 Å². The van der Waals surface area contributed by atoms with Crippen molar-refractivity contribution >= 4 is 17.8 Å². The molecule has 0 spiro atoms. The molecule has 6 heteroatoms. The Kier molecular flexibility index (Phi) is 3.98. The maximum atomic E-state index is 11.9. The summed E-state index contributed by atoms with van der Waals surface area (Å²) >= 11 is 0. The molecule has 1 aliphatic rings. The van der Waals surface area contributed by atoms with Crippen LogP contribution in [0.25, 0.3) is 0 Å². The van der Waals surface area contributed by atoms with E-state index >= 15 is 0 Å². The molecule has 0 aromatic carbocycles. The SMILES string of the molecule is CN1CC(C(=O)NC(C(=O)O)C(C)(C)C)CC1=O. The number of aliphatic carboxylic acids is 1. The summed E-state index contributed by atoms with van der Waals surface area (Å²) < 4.78 is 0. The van der Waals surface area contributed by atoms with Gasteiger partial charge in [0.1, 0.15) is 6.04 Å². The van der Waals surface area contributed by atoms with Gasteiger partial charge in [0.2, 0.25) is 11.8 Å². The number of nitrogens with one attached hydrogen (secondary N) is 1. The van der Waals surface area contributed by atoms with Gasteiger partial charge in [0.15, 0.2) is 0 Å². The average molecular weight is 256 g/mol. The second-order valence-electron chi connectivity index (χ2n) is 5.82. The molecule has 0 aromatic heterocycles. The Hall–Kier alpha value is -1.59. The lowest BCUT2D eigenvalue weighted by atomic mass is 9.86. The normalized spacial score (nSPS) is 21.9. The highest BCUT2D eigenvalue weighted by Gasteiger charge is 2.37. The number of likely N-dealkylation sites (tertiary alicyclic amines) is 1. The van der Waals surface area contributed by atoms with E-state index in [9.17, 15) is 14.4 Å². The molecule has 0 aliphatic carbocycles. The fourth-order valence-electron chi connectivity index (χ4n) is 1.95. The van der Waals surface area contributed by atoms with E-state index in [2.05, 4.69) is 5.32 Å². The summed E-state index contributed by atoms with van der Waals surface area (Å²) in [5.74, 6) is -1.96. The number of carboxylic acid groups (broad SMARTS) is 1. The molecule has 18 heavy (non-hydrogen) atoms. The summed E-state index contributed by atoms with van der Waals surface area (Å²) in [4.78, 5) is 35.9. The number of hydrogen-bond acceptors (Lipinski definition) is 3. The predicted molar refractivity (Wildman–Crippen MR) is 64.8 cm³/mol. The molecular weight excluding hydrogens is 236 g/mol. The van der Waals surface area contributed by atoms with Gasteiger partial charge in [-0.3, -0.25) is 9.59 Å². The Morgan fingerprint density at radius 1 is 1.44 bits per heavy atom. The van der Waals surface area contributed by atoms with Crippen LogP contribution >= 0.6 is 0 Å². The minimum absolute atomic E-state index is 0.0854. The molecule has 102 valence electrons. The molecule has 2 N–H and O–H groups in total. The van der Waals surface area contributed by atoms with Crippen molar-refractivity contribution in [2.45, 2.75) is 33.2 Å². The van der Waals surface area contributed by atoms with Crippen molar-refractivity contribution in [1.29, 1.82) is 0 Å². The van der Waals surface area contributed by atoms with E-state index in [-0.39, 0.29) is 18.2 Å². The van der Waals surface area contributed by atoms with Crippen LogP contribution in [0, 0.1) is 11.3 Å². The quantitative estimate of drug-likeness (QED) is 0.748. The van der Waals surface area contributed by atoms with Crippen LogP contribution in [-0.4, -0.2) is 47.4 Å². The van der Waals surface area contributed by atoms with Crippen LogP contribution in [0.3, 0.4) is 0 Å². The van der Waals surface area contributed by atoms with Crippen molar-refractivity contribution in [1.82, 2.24) is 10.2 Å². The summed E-state index contributed by atoms with van der Waals surface area (Å²) in [6.45, 7) is 5.59. The number of carboxylic acids is 1. The summed E-state index contributed by atoms with van der Waals surface area (Å²) in [6, 6.07) is -0.953. The van der Waals surface area contributed by atoms with Crippen molar-refractivity contribution in [2.24, 2.45) is 11.3 Å². The Bertz CT molecular complexity index is 373. The summed E-state index contributed by atoms with van der Waals surface area (Å²) in [5, 5.41) is 11.6. The Morgan fingerprint density at radius 2 is 2.00 bits per heavy atom. The third-order valence-corrected chi connectivity index (χ3v) is 3.11. The van der Waals surface area contributed by atoms with Gasteiger partial charge >= 0.3 is 5.97 Å². The molecule has 0 saturated carbocycles. The highest BCUT2D eigenvalue weighted by Crippen LogP contribution is 2.21. The molecule has 2 amide bonds. The largest absolute Gasteiger partial charge is 0.480 e. The first kappa shape index (κ1) is 14.5. The van der Waals surface area contributed by atoms with E-state index in [1.807, 2.05) is 0 Å². The molecule has 1 heterocycles. The molecule has 6 nitrogen and oxygen atoms in total. The van der Waals surface area contributed by atoms with Gasteiger partial charge in [-0.1, -0.05) is 20.8 Å². The second-order valence-corrected chi connectivity index (χ2v) is 5.82. The van der Waals surface area contributed by atoms with Gasteiger partial charge in [-0.15, -0.1) is 0 Å². The molecule has 0 radical (unpaired) electrons. The Balaban J connectivity index is 2.69. The number of hydrogen-bond donors (Lipinski definition) is 2. The van der Waals surface area contributed by atoms with Gasteiger partial charge < -0.3 is 15.3 Å². The van der Waals surface area contributed by atoms with Crippen molar-refractivity contribution in [3.05, 3.63) is 0 Å². The Morgan fingerprint density at radius 3 is 2.33 bits per heavy atom. The van der Waals surface area contributed by atoms with Crippen molar-refractivity contribution in [3.8, 4) is 0 Å². The van der Waals surface area contributed by atoms with E-state index in [0.717, 1.165) is 0 Å². The van der Waals surface area contributed by atoms with Crippen LogP contribution in [-0.2, 0) is 14.4 Å². The maximum Gasteiger partial charge on any atom is 0.326 e. The first-order valence-electron chi connectivity index (χ1n) is 5.90. The van der Waals surface area contributed by atoms with Crippen LogP contribution in [0.1, 0.15) is 27.2 Å². The molecule has 2 unspecified atom stereocenters. The lowest BCUT2D eigenvalue weighted by Crippen LogP contribution is -2.51. The predicted octanol–water partition coefficient (Wildman–Crippen LogP) is 0.0802. The first-order chi connectivity index (χ1) is 8.12. The third-order valence-electron chi connectivity index (χ3n) is 3.11. The number of nitrogens with zero attached hydrogens (tertiary/aromatic N) is 1. The molecule has 2 atom stereocenters. The minimum atomic E-state index is -1.06.